The lowest BCUT2D eigenvalue weighted by molar-refractivity contribution is -0.237. The van der Waals surface area contributed by atoms with E-state index in [4.69, 9.17) is 4.74 Å². The molecule has 27 heavy (non-hydrogen) atoms. The number of carbonyl (C=O) groups excluding carboxylic acids is 1. The molecule has 0 bridgehead atoms. The van der Waals surface area contributed by atoms with Crippen LogP contribution in [0.25, 0.3) is 10.8 Å². The van der Waals surface area contributed by atoms with E-state index in [-0.39, 0.29) is 0 Å². The highest BCUT2D eigenvalue weighted by molar-refractivity contribution is 9.11. The lowest BCUT2D eigenvalue weighted by atomic mass is 9.80. The molecule has 0 aromatic heterocycles. The molecule has 0 heterocycles. The summed E-state index contributed by atoms with van der Waals surface area (Å²) in [5.74, 6) is -2.36. The van der Waals surface area contributed by atoms with E-state index in [1.807, 2.05) is 51.1 Å². The van der Waals surface area contributed by atoms with E-state index >= 15 is 0 Å². The highest BCUT2D eigenvalue weighted by Gasteiger charge is 2.46. The highest BCUT2D eigenvalue weighted by atomic mass is 79.9. The second kappa shape index (κ2) is 7.38. The first-order valence-electron chi connectivity index (χ1n) is 8.52. The van der Waals surface area contributed by atoms with Gasteiger partial charge in [-0.15, -0.1) is 0 Å². The number of aliphatic hydroxyl groups is 1. The third-order valence-corrected chi connectivity index (χ3v) is 5.95. The second-order valence-electron chi connectivity index (χ2n) is 7.44. The molecule has 0 saturated heterocycles. The second-order valence-corrected chi connectivity index (χ2v) is 9.15. The van der Waals surface area contributed by atoms with Gasteiger partial charge in [0.15, 0.2) is 0 Å². The number of carbonyl (C=O) groups is 1. The largest absolute Gasteiger partial charge is 0.425 e. The van der Waals surface area contributed by atoms with Gasteiger partial charge in [-0.3, -0.25) is 0 Å². The summed E-state index contributed by atoms with van der Waals surface area (Å²) in [6.45, 7) is 5.52. The average Bonchev–Trinajstić information content (AvgIpc) is 2.64. The Labute approximate surface area is 175 Å². The van der Waals surface area contributed by atoms with E-state index in [1.54, 1.807) is 30.3 Å². The molecule has 0 spiro atoms. The fraction of sp³-hybridized carbons (Fsp3) is 0.227. The SMILES string of the molecule is CC(C)(C)C(O)(OC(=O)c1ccccc1)c1ccc2c(Br)ccc(Br)c2c1. The van der Waals surface area contributed by atoms with Crippen LogP contribution in [0, 0.1) is 5.41 Å². The van der Waals surface area contributed by atoms with Crippen molar-refractivity contribution in [2.75, 3.05) is 0 Å². The summed E-state index contributed by atoms with van der Waals surface area (Å²) in [5.41, 5.74) is 0.166. The molecule has 0 aliphatic heterocycles. The third-order valence-electron chi connectivity index (χ3n) is 4.57. The van der Waals surface area contributed by atoms with Crippen LogP contribution in [-0.2, 0) is 10.5 Å². The maximum Gasteiger partial charge on any atom is 0.340 e. The Hall–Kier alpha value is -1.69. The van der Waals surface area contributed by atoms with E-state index in [1.165, 1.54) is 0 Å². The number of fused-ring (bicyclic) bond motifs is 1. The van der Waals surface area contributed by atoms with Gasteiger partial charge in [-0.1, -0.05) is 83.0 Å². The molecule has 3 aromatic rings. The van der Waals surface area contributed by atoms with Crippen LogP contribution >= 0.6 is 31.9 Å². The number of rotatable bonds is 3. The fourth-order valence-electron chi connectivity index (χ4n) is 2.90. The Balaban J connectivity index is 2.11. The van der Waals surface area contributed by atoms with Gasteiger partial charge in [0.25, 0.3) is 0 Å². The third kappa shape index (κ3) is 3.82. The molecule has 3 nitrogen and oxygen atoms in total. The molecule has 0 saturated carbocycles. The minimum Gasteiger partial charge on any atom is -0.425 e. The lowest BCUT2D eigenvalue weighted by Crippen LogP contribution is -2.44. The van der Waals surface area contributed by atoms with Crippen molar-refractivity contribution in [3.8, 4) is 0 Å². The van der Waals surface area contributed by atoms with Crippen molar-refractivity contribution in [1.29, 1.82) is 0 Å². The van der Waals surface area contributed by atoms with E-state index < -0.39 is 17.2 Å². The van der Waals surface area contributed by atoms with Crippen molar-refractivity contribution in [3.63, 3.8) is 0 Å². The van der Waals surface area contributed by atoms with Crippen LogP contribution in [-0.4, -0.2) is 11.1 Å². The van der Waals surface area contributed by atoms with Crippen LogP contribution in [0.2, 0.25) is 0 Å². The molecule has 5 heteroatoms. The van der Waals surface area contributed by atoms with Crippen LogP contribution in [0.15, 0.2) is 69.6 Å². The predicted molar refractivity (Wildman–Crippen MR) is 115 cm³/mol. The monoisotopic (exact) mass is 490 g/mol. The van der Waals surface area contributed by atoms with Gasteiger partial charge in [0.05, 0.1) is 5.56 Å². The normalized spacial score (nSPS) is 14.0. The van der Waals surface area contributed by atoms with Crippen LogP contribution in [0.3, 0.4) is 0 Å². The summed E-state index contributed by atoms with van der Waals surface area (Å²) in [5, 5.41) is 13.4. The summed E-state index contributed by atoms with van der Waals surface area (Å²) in [4.78, 5) is 12.7. The Kier molecular flexibility index (Phi) is 5.48. The van der Waals surface area contributed by atoms with Gasteiger partial charge in [0.1, 0.15) is 0 Å². The van der Waals surface area contributed by atoms with Gasteiger partial charge in [-0.05, 0) is 41.1 Å². The summed E-state index contributed by atoms with van der Waals surface area (Å²) in [6.07, 6.45) is 0. The summed E-state index contributed by atoms with van der Waals surface area (Å²) >= 11 is 7.11. The number of ether oxygens (including phenoxy) is 1. The fourth-order valence-corrected chi connectivity index (χ4v) is 3.84. The molecule has 0 amide bonds. The van der Waals surface area contributed by atoms with Gasteiger partial charge in [-0.2, -0.15) is 0 Å². The molecule has 0 aliphatic rings. The van der Waals surface area contributed by atoms with E-state index in [2.05, 4.69) is 31.9 Å². The molecule has 0 aliphatic carbocycles. The van der Waals surface area contributed by atoms with Crippen molar-refractivity contribution in [1.82, 2.24) is 0 Å². The van der Waals surface area contributed by atoms with Crippen LogP contribution in [0.5, 0.6) is 0 Å². The zero-order valence-electron chi connectivity index (χ0n) is 15.3. The molecule has 140 valence electrons. The van der Waals surface area contributed by atoms with E-state index in [9.17, 15) is 9.90 Å². The average molecular weight is 492 g/mol. The number of halogens is 2. The molecule has 0 radical (unpaired) electrons. The quantitative estimate of drug-likeness (QED) is 0.340. The Morgan fingerprint density at radius 2 is 1.48 bits per heavy atom. The number of esters is 1. The van der Waals surface area contributed by atoms with Crippen LogP contribution in [0.1, 0.15) is 36.7 Å². The van der Waals surface area contributed by atoms with E-state index in [0.717, 1.165) is 19.7 Å². The Morgan fingerprint density at radius 3 is 2.07 bits per heavy atom. The van der Waals surface area contributed by atoms with Crippen LogP contribution < -0.4 is 0 Å². The van der Waals surface area contributed by atoms with Gasteiger partial charge in [-0.25, -0.2) is 4.79 Å². The number of hydrogen-bond donors (Lipinski definition) is 1. The topological polar surface area (TPSA) is 46.5 Å². The van der Waals surface area contributed by atoms with Crippen molar-refractivity contribution < 1.29 is 14.6 Å². The number of hydrogen-bond acceptors (Lipinski definition) is 3. The standard InChI is InChI=1S/C22H20Br2O3/c1-21(2,3)22(26,27-20(25)14-7-5-4-6-8-14)15-9-10-16-17(13-15)19(24)12-11-18(16)23/h4-13,26H,1-3H3. The predicted octanol–water partition coefficient (Wildman–Crippen LogP) is 6.41. The summed E-state index contributed by atoms with van der Waals surface area (Å²) in [6, 6.07) is 18.1. The zero-order valence-corrected chi connectivity index (χ0v) is 18.5. The van der Waals surface area contributed by atoms with Gasteiger partial charge in [0, 0.05) is 19.9 Å². The summed E-state index contributed by atoms with van der Waals surface area (Å²) < 4.78 is 7.53. The van der Waals surface area contributed by atoms with Gasteiger partial charge in [0.2, 0.25) is 5.79 Å². The van der Waals surface area contributed by atoms with E-state index in [0.29, 0.717) is 11.1 Å². The molecule has 3 aromatic carbocycles. The molecule has 1 unspecified atom stereocenters. The van der Waals surface area contributed by atoms with Crippen molar-refractivity contribution >= 4 is 48.6 Å². The molecule has 3 rings (SSSR count). The minimum absolute atomic E-state index is 0.393. The molecule has 1 atom stereocenters. The van der Waals surface area contributed by atoms with Crippen molar-refractivity contribution in [2.45, 2.75) is 26.6 Å². The first-order chi connectivity index (χ1) is 12.6. The van der Waals surface area contributed by atoms with Crippen LogP contribution in [0.4, 0.5) is 0 Å². The molecule has 1 N–H and O–H groups in total. The number of benzene rings is 3. The Bertz CT molecular complexity index is 994. The molecular formula is C22H20Br2O3. The first-order valence-corrected chi connectivity index (χ1v) is 10.1. The van der Waals surface area contributed by atoms with Crippen molar-refractivity contribution in [2.24, 2.45) is 5.41 Å². The summed E-state index contributed by atoms with van der Waals surface area (Å²) in [7, 11) is 0. The molecular weight excluding hydrogens is 472 g/mol. The maximum atomic E-state index is 12.7. The maximum absolute atomic E-state index is 12.7. The smallest absolute Gasteiger partial charge is 0.340 e. The first kappa shape index (κ1) is 20.1. The highest BCUT2D eigenvalue weighted by Crippen LogP contribution is 2.43. The lowest BCUT2D eigenvalue weighted by Gasteiger charge is -2.39. The van der Waals surface area contributed by atoms with Gasteiger partial charge >= 0.3 is 5.97 Å². The molecule has 0 fully saturated rings. The van der Waals surface area contributed by atoms with Gasteiger partial charge < -0.3 is 9.84 Å². The zero-order chi connectivity index (χ0) is 19.8. The van der Waals surface area contributed by atoms with Crippen molar-refractivity contribution in [3.05, 3.63) is 80.7 Å². The Morgan fingerprint density at radius 1 is 0.889 bits per heavy atom. The minimum atomic E-state index is -1.80.